The maximum Gasteiger partial charge on any atom is 0.164 e. The van der Waals surface area contributed by atoms with E-state index in [2.05, 4.69) is 158 Å². The molecule has 0 spiro atoms. The molecule has 0 saturated carbocycles. The molecule has 0 saturated heterocycles. The summed E-state index contributed by atoms with van der Waals surface area (Å²) in [5.41, 5.74) is 18.0. The lowest BCUT2D eigenvalue weighted by atomic mass is 9.81. The van der Waals surface area contributed by atoms with Gasteiger partial charge in [0.25, 0.3) is 0 Å². The Morgan fingerprint density at radius 2 is 0.862 bits per heavy atom. The molecule has 65 heavy (non-hydrogen) atoms. The lowest BCUT2D eigenvalue weighted by Crippen LogP contribution is -2.15. The SMILES string of the molecule is CC1(C)c2cc(-c3ccc4c(c3)c3ccccc3n4-c3ccc(-c4ccc(-c5nc(-c6ccccc6)nc(-c6ccccc6)n5)cc4)cc3)ccc2-c2cc3c(cc21)oc1ccccc13. The van der Waals surface area contributed by atoms with Crippen molar-refractivity contribution in [1.82, 2.24) is 19.5 Å². The first-order chi connectivity index (χ1) is 31.9. The average Bonchev–Trinajstić information content (AvgIpc) is 3.98. The molecule has 1 aliphatic rings. The summed E-state index contributed by atoms with van der Waals surface area (Å²) in [7, 11) is 0. The summed E-state index contributed by atoms with van der Waals surface area (Å²) in [4.78, 5) is 14.7. The van der Waals surface area contributed by atoms with E-state index in [1.807, 2.05) is 66.7 Å². The van der Waals surface area contributed by atoms with Crippen molar-refractivity contribution in [2.24, 2.45) is 0 Å². The van der Waals surface area contributed by atoms with Crippen LogP contribution in [0.1, 0.15) is 25.0 Å². The summed E-state index contributed by atoms with van der Waals surface area (Å²) in [6, 6.07) is 73.2. The lowest BCUT2D eigenvalue weighted by molar-refractivity contribution is 0.647. The summed E-state index contributed by atoms with van der Waals surface area (Å²) in [5, 5.41) is 4.80. The Kier molecular flexibility index (Phi) is 8.18. The van der Waals surface area contributed by atoms with Crippen LogP contribution < -0.4 is 0 Å². The van der Waals surface area contributed by atoms with Crippen LogP contribution in [0.5, 0.6) is 0 Å². The molecule has 0 aliphatic heterocycles. The molecule has 306 valence electrons. The van der Waals surface area contributed by atoms with E-state index in [9.17, 15) is 0 Å². The van der Waals surface area contributed by atoms with Crippen molar-refractivity contribution in [2.75, 3.05) is 0 Å². The highest BCUT2D eigenvalue weighted by molar-refractivity contribution is 6.11. The van der Waals surface area contributed by atoms with Crippen molar-refractivity contribution >= 4 is 43.7 Å². The molecule has 5 nitrogen and oxygen atoms in total. The maximum atomic E-state index is 6.34. The number of hydrogen-bond acceptors (Lipinski definition) is 4. The Balaban J connectivity index is 0.826. The van der Waals surface area contributed by atoms with E-state index < -0.39 is 0 Å². The van der Waals surface area contributed by atoms with Gasteiger partial charge in [0.15, 0.2) is 17.5 Å². The van der Waals surface area contributed by atoms with Gasteiger partial charge in [0.05, 0.1) is 11.0 Å². The predicted octanol–water partition coefficient (Wildman–Crippen LogP) is 15.5. The van der Waals surface area contributed by atoms with E-state index in [0.29, 0.717) is 17.5 Å². The minimum atomic E-state index is -0.171. The number of benzene rings is 9. The van der Waals surface area contributed by atoms with Gasteiger partial charge in [0.1, 0.15) is 11.2 Å². The molecule has 9 aromatic carbocycles. The highest BCUT2D eigenvalue weighted by Crippen LogP contribution is 2.52. The second-order valence-corrected chi connectivity index (χ2v) is 17.6. The van der Waals surface area contributed by atoms with Crippen LogP contribution in [-0.2, 0) is 5.41 Å². The minimum Gasteiger partial charge on any atom is -0.456 e. The van der Waals surface area contributed by atoms with Gasteiger partial charge in [-0.2, -0.15) is 0 Å². The molecule has 13 rings (SSSR count). The molecule has 1 aliphatic carbocycles. The van der Waals surface area contributed by atoms with Crippen LogP contribution >= 0.6 is 0 Å². The zero-order valence-corrected chi connectivity index (χ0v) is 35.8. The van der Waals surface area contributed by atoms with Crippen molar-refractivity contribution in [1.29, 1.82) is 0 Å². The van der Waals surface area contributed by atoms with Gasteiger partial charge in [0.2, 0.25) is 0 Å². The summed E-state index contributed by atoms with van der Waals surface area (Å²) in [6.45, 7) is 4.68. The van der Waals surface area contributed by atoms with E-state index in [4.69, 9.17) is 19.4 Å². The molecule has 0 bridgehead atoms. The average molecular weight is 833 g/mol. The molecule has 3 heterocycles. The normalized spacial score (nSPS) is 12.9. The van der Waals surface area contributed by atoms with Crippen LogP contribution in [-0.4, -0.2) is 19.5 Å². The molecule has 0 atom stereocenters. The minimum absolute atomic E-state index is 0.171. The topological polar surface area (TPSA) is 56.7 Å². The van der Waals surface area contributed by atoms with Gasteiger partial charge >= 0.3 is 0 Å². The first-order valence-corrected chi connectivity index (χ1v) is 22.2. The smallest absolute Gasteiger partial charge is 0.164 e. The van der Waals surface area contributed by atoms with Crippen LogP contribution in [0.4, 0.5) is 0 Å². The standard InChI is InChI=1S/C60H40N4O/c1-60(2)51-34-43(27-31-45(51)48-35-50-47-18-10-12-20-55(47)65-56(50)36-52(48)60)42-28-32-54-49(33-42)46-17-9-11-19-53(46)64(54)44-29-25-38(26-30-44)37-21-23-41(24-22-37)59-62-57(39-13-5-3-6-14-39)61-58(63-59)40-15-7-4-8-16-40/h3-36H,1-2H3. The third-order valence-corrected chi connectivity index (χ3v) is 13.5. The van der Waals surface area contributed by atoms with Gasteiger partial charge in [-0.1, -0.05) is 166 Å². The second kappa shape index (κ2) is 14.3. The van der Waals surface area contributed by atoms with E-state index >= 15 is 0 Å². The molecule has 12 aromatic rings. The molecular formula is C60H40N4O. The van der Waals surface area contributed by atoms with E-state index in [1.54, 1.807) is 0 Å². The fourth-order valence-electron chi connectivity index (χ4n) is 10.1. The highest BCUT2D eigenvalue weighted by Gasteiger charge is 2.36. The number of para-hydroxylation sites is 2. The first-order valence-electron chi connectivity index (χ1n) is 22.2. The van der Waals surface area contributed by atoms with Gasteiger partial charge in [-0.3, -0.25) is 0 Å². The van der Waals surface area contributed by atoms with Crippen LogP contribution in [0.25, 0.3) is 117 Å². The largest absolute Gasteiger partial charge is 0.456 e. The Hall–Kier alpha value is -8.41. The van der Waals surface area contributed by atoms with Gasteiger partial charge < -0.3 is 8.98 Å². The molecule has 0 N–H and O–H groups in total. The quantitative estimate of drug-likeness (QED) is 0.167. The molecule has 3 aromatic heterocycles. The lowest BCUT2D eigenvalue weighted by Gasteiger charge is -2.22. The van der Waals surface area contributed by atoms with Crippen LogP contribution in [0.2, 0.25) is 0 Å². The molecule has 0 amide bonds. The van der Waals surface area contributed by atoms with Crippen LogP contribution in [0, 0.1) is 0 Å². The Bertz CT molecular complexity index is 3770. The Morgan fingerprint density at radius 1 is 0.354 bits per heavy atom. The number of furan rings is 1. The fraction of sp³-hybridized carbons (Fsp3) is 0.0500. The third-order valence-electron chi connectivity index (χ3n) is 13.5. The van der Waals surface area contributed by atoms with E-state index in [-0.39, 0.29) is 5.41 Å². The van der Waals surface area contributed by atoms with Gasteiger partial charge in [-0.15, -0.1) is 0 Å². The van der Waals surface area contributed by atoms with Crippen molar-refractivity contribution in [3.05, 3.63) is 217 Å². The van der Waals surface area contributed by atoms with Crippen molar-refractivity contribution in [3.8, 4) is 73.2 Å². The Labute approximate surface area is 376 Å². The van der Waals surface area contributed by atoms with Gasteiger partial charge in [0, 0.05) is 49.3 Å². The summed E-state index contributed by atoms with van der Waals surface area (Å²) >= 11 is 0. The highest BCUT2D eigenvalue weighted by atomic mass is 16.3. The number of hydrogen-bond donors (Lipinski definition) is 0. The van der Waals surface area contributed by atoms with Gasteiger partial charge in [-0.25, -0.2) is 15.0 Å². The molecular weight excluding hydrogens is 793 g/mol. The van der Waals surface area contributed by atoms with E-state index in [1.165, 1.54) is 60.6 Å². The number of fused-ring (bicyclic) bond motifs is 9. The molecule has 0 radical (unpaired) electrons. The molecule has 5 heteroatoms. The summed E-state index contributed by atoms with van der Waals surface area (Å²) in [5.74, 6) is 1.95. The summed E-state index contributed by atoms with van der Waals surface area (Å²) in [6.07, 6.45) is 0. The second-order valence-electron chi connectivity index (χ2n) is 17.6. The van der Waals surface area contributed by atoms with Crippen LogP contribution in [0.15, 0.2) is 211 Å². The van der Waals surface area contributed by atoms with Crippen molar-refractivity contribution < 1.29 is 4.42 Å². The zero-order valence-electron chi connectivity index (χ0n) is 35.8. The number of aromatic nitrogens is 4. The maximum absolute atomic E-state index is 6.34. The first kappa shape index (κ1) is 37.2. The summed E-state index contributed by atoms with van der Waals surface area (Å²) < 4.78 is 8.72. The predicted molar refractivity (Wildman–Crippen MR) is 266 cm³/mol. The van der Waals surface area contributed by atoms with Crippen molar-refractivity contribution in [3.63, 3.8) is 0 Å². The van der Waals surface area contributed by atoms with E-state index in [0.717, 1.165) is 50.1 Å². The number of rotatable bonds is 6. The van der Waals surface area contributed by atoms with Gasteiger partial charge in [-0.05, 0) is 99.1 Å². The third kappa shape index (κ3) is 5.97. The van der Waals surface area contributed by atoms with Crippen LogP contribution in [0.3, 0.4) is 0 Å². The molecule has 0 fully saturated rings. The Morgan fingerprint density at radius 3 is 1.55 bits per heavy atom. The molecule has 0 unspecified atom stereocenters. The monoisotopic (exact) mass is 832 g/mol. The van der Waals surface area contributed by atoms with Crippen molar-refractivity contribution in [2.45, 2.75) is 19.3 Å². The number of nitrogens with zero attached hydrogens (tertiary/aromatic N) is 4. The fourth-order valence-corrected chi connectivity index (χ4v) is 10.1. The zero-order chi connectivity index (χ0) is 43.2.